The quantitative estimate of drug-likeness (QED) is 0.176. The molecule has 0 radical (unpaired) electrons. The van der Waals surface area contributed by atoms with Crippen molar-refractivity contribution >= 4 is 59.4 Å². The van der Waals surface area contributed by atoms with E-state index in [2.05, 4.69) is 108 Å². The first-order valence-electron chi connectivity index (χ1n) is 13.4. The van der Waals surface area contributed by atoms with E-state index in [0.29, 0.717) is 10.5 Å². The zero-order valence-electron chi connectivity index (χ0n) is 23.3. The molecule has 0 aliphatic carbocycles. The lowest BCUT2D eigenvalue weighted by atomic mass is 9.83. The Labute approximate surface area is 234 Å². The van der Waals surface area contributed by atoms with Crippen LogP contribution in [-0.2, 0) is 6.42 Å². The summed E-state index contributed by atoms with van der Waals surface area (Å²) in [5, 5.41) is 19.1. The van der Waals surface area contributed by atoms with Gasteiger partial charge >= 0.3 is 0 Å². The summed E-state index contributed by atoms with van der Waals surface area (Å²) in [7, 11) is 0. The van der Waals surface area contributed by atoms with Crippen molar-refractivity contribution in [1.82, 2.24) is 4.98 Å². The summed E-state index contributed by atoms with van der Waals surface area (Å²) in [5.74, 6) is 0.724. The lowest BCUT2D eigenvalue weighted by Gasteiger charge is -2.23. The Hall–Kier alpha value is -2.97. The van der Waals surface area contributed by atoms with Gasteiger partial charge in [0.05, 0.1) is 16.1 Å². The van der Waals surface area contributed by atoms with Gasteiger partial charge in [-0.15, -0.1) is 20.5 Å². The number of thiazole rings is 1. The molecule has 2 heterocycles. The molecule has 0 amide bonds. The van der Waals surface area contributed by atoms with Crippen LogP contribution in [0.3, 0.4) is 0 Å². The molecule has 1 unspecified atom stereocenters. The lowest BCUT2D eigenvalue weighted by molar-refractivity contribution is 0.297. The average molecular weight is 547 g/mol. The van der Waals surface area contributed by atoms with E-state index < -0.39 is 0 Å². The number of hydrogen-bond acceptors (Lipinski definition) is 8. The van der Waals surface area contributed by atoms with E-state index in [-0.39, 0.29) is 0 Å². The fraction of sp³-hybridized carbons (Fsp3) is 0.433. The minimum atomic E-state index is 0.388. The van der Waals surface area contributed by atoms with E-state index in [1.807, 2.05) is 18.2 Å². The fourth-order valence-electron chi connectivity index (χ4n) is 4.62. The second-order valence-electron chi connectivity index (χ2n) is 10.9. The van der Waals surface area contributed by atoms with Crippen molar-refractivity contribution in [2.75, 3.05) is 18.0 Å². The molecule has 6 nitrogen and oxygen atoms in total. The molecule has 0 aliphatic heterocycles. The van der Waals surface area contributed by atoms with E-state index in [1.165, 1.54) is 46.8 Å². The van der Waals surface area contributed by atoms with Crippen molar-refractivity contribution in [1.29, 1.82) is 0 Å². The van der Waals surface area contributed by atoms with Crippen molar-refractivity contribution in [3.05, 3.63) is 60.2 Å². The molecule has 1 atom stereocenters. The van der Waals surface area contributed by atoms with Crippen molar-refractivity contribution in [2.24, 2.45) is 31.8 Å². The first kappa shape index (κ1) is 28.0. The number of azo groups is 2. The zero-order chi connectivity index (χ0) is 27.1. The SMILES string of the molecule is CCN(CC)c1ccc(N=Nc2nc3sc(N=Nc4ccc(CCC(C)CC(C)(C)C)cc4)cc3s2)cc1. The monoisotopic (exact) mass is 546 g/mol. The van der Waals surface area contributed by atoms with Crippen LogP contribution in [0.2, 0.25) is 0 Å². The van der Waals surface area contributed by atoms with Gasteiger partial charge in [-0.05, 0) is 92.5 Å². The number of hydrogen-bond donors (Lipinski definition) is 0. The second kappa shape index (κ2) is 12.7. The number of aryl methyl sites for hydroxylation is 1. The van der Waals surface area contributed by atoms with Gasteiger partial charge in [0.2, 0.25) is 5.13 Å². The summed E-state index contributed by atoms with van der Waals surface area (Å²) in [6.45, 7) is 15.6. The first-order valence-corrected chi connectivity index (χ1v) is 15.0. The van der Waals surface area contributed by atoms with Crippen molar-refractivity contribution in [3.8, 4) is 0 Å². The fourth-order valence-corrected chi connectivity index (χ4v) is 6.47. The highest BCUT2D eigenvalue weighted by atomic mass is 32.1. The van der Waals surface area contributed by atoms with E-state index in [1.54, 1.807) is 0 Å². The van der Waals surface area contributed by atoms with Gasteiger partial charge in [0, 0.05) is 18.8 Å². The molecular formula is C30H38N6S2. The number of benzene rings is 2. The van der Waals surface area contributed by atoms with Gasteiger partial charge in [0.15, 0.2) is 0 Å². The summed E-state index contributed by atoms with van der Waals surface area (Å²) in [6, 6.07) is 18.6. The smallest absolute Gasteiger partial charge is 0.231 e. The number of anilines is 1. The molecule has 8 heteroatoms. The van der Waals surface area contributed by atoms with Crippen molar-refractivity contribution in [3.63, 3.8) is 0 Å². The van der Waals surface area contributed by atoms with Gasteiger partial charge in [0.25, 0.3) is 0 Å². The first-order chi connectivity index (χ1) is 18.2. The third kappa shape index (κ3) is 8.01. The summed E-state index contributed by atoms with van der Waals surface area (Å²) in [5.41, 5.74) is 4.62. The third-order valence-corrected chi connectivity index (χ3v) is 8.31. The van der Waals surface area contributed by atoms with Crippen LogP contribution in [0.4, 0.5) is 27.2 Å². The van der Waals surface area contributed by atoms with E-state index in [0.717, 1.165) is 51.3 Å². The van der Waals surface area contributed by atoms with E-state index in [9.17, 15) is 0 Å². The van der Waals surface area contributed by atoms with Gasteiger partial charge in [0.1, 0.15) is 9.83 Å². The van der Waals surface area contributed by atoms with Gasteiger partial charge in [-0.1, -0.05) is 62.5 Å². The molecule has 0 saturated carbocycles. The summed E-state index contributed by atoms with van der Waals surface area (Å²) in [4.78, 5) is 7.82. The molecule has 0 bridgehead atoms. The highest BCUT2D eigenvalue weighted by molar-refractivity contribution is 7.30. The Morgan fingerprint density at radius 3 is 2.08 bits per heavy atom. The molecule has 2 aromatic heterocycles. The summed E-state index contributed by atoms with van der Waals surface area (Å²) < 4.78 is 1.05. The molecule has 0 spiro atoms. The van der Waals surface area contributed by atoms with E-state index in [4.69, 9.17) is 0 Å². The van der Waals surface area contributed by atoms with Crippen LogP contribution >= 0.6 is 22.7 Å². The van der Waals surface area contributed by atoms with Crippen LogP contribution in [0.5, 0.6) is 0 Å². The molecule has 200 valence electrons. The average Bonchev–Trinajstić information content (AvgIpc) is 3.44. The highest BCUT2D eigenvalue weighted by Crippen LogP contribution is 2.39. The number of nitrogens with zero attached hydrogens (tertiary/aromatic N) is 6. The number of fused-ring (bicyclic) bond motifs is 1. The minimum absolute atomic E-state index is 0.388. The third-order valence-electron chi connectivity index (χ3n) is 6.38. The molecule has 0 N–H and O–H groups in total. The maximum atomic E-state index is 4.61. The molecule has 0 saturated heterocycles. The predicted molar refractivity (Wildman–Crippen MR) is 164 cm³/mol. The Kier molecular flexibility index (Phi) is 9.39. The molecule has 0 aliphatic rings. The van der Waals surface area contributed by atoms with Crippen molar-refractivity contribution in [2.45, 2.75) is 60.8 Å². The standard InChI is InChI=1S/C30H38N6S2/c1-7-36(8-2)25-17-15-24(16-18-25)33-35-29-31-28-26(37-29)19-27(38-28)34-32-23-13-11-22(12-14-23)10-9-21(3)20-30(4,5)6/h11-19,21H,7-10,20H2,1-6H3. The van der Waals surface area contributed by atoms with Crippen LogP contribution in [0.15, 0.2) is 75.1 Å². The topological polar surface area (TPSA) is 65.6 Å². The predicted octanol–water partition coefficient (Wildman–Crippen LogP) is 11.0. The summed E-state index contributed by atoms with van der Waals surface area (Å²) >= 11 is 3.04. The molecule has 4 aromatic rings. The minimum Gasteiger partial charge on any atom is -0.372 e. The van der Waals surface area contributed by atoms with Crippen LogP contribution in [0.1, 0.15) is 59.9 Å². The molecule has 4 rings (SSSR count). The molecule has 0 fully saturated rings. The maximum absolute atomic E-state index is 4.61. The second-order valence-corrected chi connectivity index (χ2v) is 12.9. The largest absolute Gasteiger partial charge is 0.372 e. The Morgan fingerprint density at radius 1 is 0.842 bits per heavy atom. The van der Waals surface area contributed by atoms with Crippen LogP contribution < -0.4 is 4.90 Å². The van der Waals surface area contributed by atoms with E-state index >= 15 is 0 Å². The summed E-state index contributed by atoms with van der Waals surface area (Å²) in [6.07, 6.45) is 3.56. The number of rotatable bonds is 11. The van der Waals surface area contributed by atoms with Gasteiger partial charge in [-0.2, -0.15) is 0 Å². The van der Waals surface area contributed by atoms with Gasteiger partial charge in [-0.3, -0.25) is 0 Å². The molecule has 38 heavy (non-hydrogen) atoms. The highest BCUT2D eigenvalue weighted by Gasteiger charge is 2.15. The molecular weight excluding hydrogens is 509 g/mol. The van der Waals surface area contributed by atoms with Crippen molar-refractivity contribution < 1.29 is 0 Å². The van der Waals surface area contributed by atoms with Crippen LogP contribution in [-0.4, -0.2) is 18.1 Å². The maximum Gasteiger partial charge on any atom is 0.231 e. The zero-order valence-corrected chi connectivity index (χ0v) is 24.9. The Balaban J connectivity index is 1.32. The Morgan fingerprint density at radius 2 is 1.47 bits per heavy atom. The van der Waals surface area contributed by atoms with Gasteiger partial charge < -0.3 is 4.90 Å². The molecule has 2 aromatic carbocycles. The normalized spacial score (nSPS) is 13.2. The van der Waals surface area contributed by atoms with Gasteiger partial charge in [-0.25, -0.2) is 4.98 Å². The lowest BCUT2D eigenvalue weighted by Crippen LogP contribution is -2.21. The Bertz CT molecular complexity index is 1330. The van der Waals surface area contributed by atoms with Crippen LogP contribution in [0, 0.1) is 11.3 Å². The number of aromatic nitrogens is 1. The number of thiophene rings is 1. The van der Waals surface area contributed by atoms with Crippen LogP contribution in [0.25, 0.3) is 9.53 Å².